The summed E-state index contributed by atoms with van der Waals surface area (Å²) in [4.78, 5) is 3.81. The van der Waals surface area contributed by atoms with E-state index in [0.717, 1.165) is 41.0 Å². The third-order valence-electron chi connectivity index (χ3n) is 6.50. The standard InChI is InChI=1S/C31H23F4N5O2/c1-21-2-4-24(5-3-21)18-42-26-12-8-22(9-13-26)6-7-23-10-15-29(36-17-23)31(34,35)30(41,19-40-20-37-38-39-40)27-14-11-25(32)16-28(27)33/h2-5,8-17,20,41H,18-19H2,1H3/t30-/m1/s1. The number of aromatic nitrogens is 5. The average Bonchev–Trinajstić information content (AvgIpc) is 3.49. The molecule has 0 unspecified atom stereocenters. The van der Waals surface area contributed by atoms with E-state index in [0.29, 0.717) is 29.5 Å². The Morgan fingerprint density at radius 2 is 1.62 bits per heavy atom. The topological polar surface area (TPSA) is 86.0 Å². The lowest BCUT2D eigenvalue weighted by molar-refractivity contribution is -0.207. The summed E-state index contributed by atoms with van der Waals surface area (Å²) in [5, 5.41) is 21.5. The molecule has 0 spiro atoms. The van der Waals surface area contributed by atoms with Crippen LogP contribution in [0.1, 0.15) is 33.5 Å². The predicted octanol–water partition coefficient (Wildman–Crippen LogP) is 5.31. The first-order chi connectivity index (χ1) is 20.1. The largest absolute Gasteiger partial charge is 0.489 e. The molecule has 5 rings (SSSR count). The highest BCUT2D eigenvalue weighted by atomic mass is 19.3. The second kappa shape index (κ2) is 11.8. The molecule has 1 atom stereocenters. The normalized spacial score (nSPS) is 12.7. The zero-order valence-electron chi connectivity index (χ0n) is 22.2. The summed E-state index contributed by atoms with van der Waals surface area (Å²) in [6, 6.07) is 19.3. The molecule has 3 aromatic carbocycles. The third kappa shape index (κ3) is 6.14. The monoisotopic (exact) mass is 573 g/mol. The predicted molar refractivity (Wildman–Crippen MR) is 144 cm³/mol. The maximum atomic E-state index is 15.9. The van der Waals surface area contributed by atoms with Gasteiger partial charge >= 0.3 is 5.92 Å². The second-order valence-electron chi connectivity index (χ2n) is 9.55. The summed E-state index contributed by atoms with van der Waals surface area (Å²) >= 11 is 0. The number of nitrogens with zero attached hydrogens (tertiary/aromatic N) is 5. The molecule has 2 aromatic heterocycles. The summed E-state index contributed by atoms with van der Waals surface area (Å²) in [6.45, 7) is 1.50. The summed E-state index contributed by atoms with van der Waals surface area (Å²) in [5.74, 6) is -0.0565. The highest BCUT2D eigenvalue weighted by Crippen LogP contribution is 2.46. The molecular formula is C31H23F4N5O2. The minimum Gasteiger partial charge on any atom is -0.489 e. The molecular weight excluding hydrogens is 550 g/mol. The van der Waals surface area contributed by atoms with Crippen LogP contribution < -0.4 is 4.74 Å². The fraction of sp³-hybridized carbons (Fsp3) is 0.161. The van der Waals surface area contributed by atoms with E-state index < -0.39 is 41.0 Å². The second-order valence-corrected chi connectivity index (χ2v) is 9.55. The number of tetrazole rings is 1. The fourth-order valence-corrected chi connectivity index (χ4v) is 4.16. The van der Waals surface area contributed by atoms with Crippen molar-refractivity contribution in [3.8, 4) is 17.6 Å². The highest BCUT2D eigenvalue weighted by molar-refractivity contribution is 5.44. The van der Waals surface area contributed by atoms with Crippen molar-refractivity contribution < 1.29 is 27.4 Å². The summed E-state index contributed by atoms with van der Waals surface area (Å²) in [5.41, 5.74) is -1.72. The van der Waals surface area contributed by atoms with Crippen LogP contribution in [0, 0.1) is 30.4 Å². The Hall–Kier alpha value is -5.08. The fourth-order valence-electron chi connectivity index (χ4n) is 4.16. The number of pyridine rings is 1. The van der Waals surface area contributed by atoms with Crippen LogP contribution in [0.15, 0.2) is 91.4 Å². The van der Waals surface area contributed by atoms with E-state index in [2.05, 4.69) is 32.4 Å². The van der Waals surface area contributed by atoms with E-state index in [4.69, 9.17) is 4.74 Å². The molecule has 1 N–H and O–H groups in total. The number of hydrogen-bond acceptors (Lipinski definition) is 6. The first-order valence-corrected chi connectivity index (χ1v) is 12.7. The van der Waals surface area contributed by atoms with Gasteiger partial charge in [0, 0.05) is 29.0 Å². The van der Waals surface area contributed by atoms with Crippen molar-refractivity contribution in [2.24, 2.45) is 0 Å². The number of alkyl halides is 2. The van der Waals surface area contributed by atoms with Crippen LogP contribution in [0.5, 0.6) is 5.75 Å². The van der Waals surface area contributed by atoms with Crippen LogP contribution in [-0.2, 0) is 24.7 Å². The molecule has 212 valence electrons. The quantitative estimate of drug-likeness (QED) is 0.200. The van der Waals surface area contributed by atoms with Crippen molar-refractivity contribution in [1.29, 1.82) is 0 Å². The Balaban J connectivity index is 1.33. The lowest BCUT2D eigenvalue weighted by Gasteiger charge is -2.35. The molecule has 0 bridgehead atoms. The Bertz CT molecular complexity index is 1720. The molecule has 0 aliphatic carbocycles. The molecule has 11 heteroatoms. The lowest BCUT2D eigenvalue weighted by atomic mass is 9.84. The van der Waals surface area contributed by atoms with E-state index in [-0.39, 0.29) is 0 Å². The van der Waals surface area contributed by atoms with Gasteiger partial charge in [-0.1, -0.05) is 41.7 Å². The number of hydrogen-bond donors (Lipinski definition) is 1. The van der Waals surface area contributed by atoms with E-state index >= 15 is 8.78 Å². The number of aliphatic hydroxyl groups is 1. The maximum Gasteiger partial charge on any atom is 0.323 e. The van der Waals surface area contributed by atoms with Crippen LogP contribution in [-0.4, -0.2) is 30.3 Å². The van der Waals surface area contributed by atoms with Crippen LogP contribution in [0.25, 0.3) is 0 Å². The Morgan fingerprint density at radius 3 is 2.26 bits per heavy atom. The summed E-state index contributed by atoms with van der Waals surface area (Å²) in [7, 11) is 0. The van der Waals surface area contributed by atoms with E-state index in [1.165, 1.54) is 11.6 Å². The van der Waals surface area contributed by atoms with Crippen molar-refractivity contribution in [3.63, 3.8) is 0 Å². The molecule has 7 nitrogen and oxygen atoms in total. The average molecular weight is 574 g/mol. The minimum absolute atomic E-state index is 0.325. The summed E-state index contributed by atoms with van der Waals surface area (Å²) in [6.07, 6.45) is 2.10. The molecule has 0 saturated carbocycles. The van der Waals surface area contributed by atoms with Crippen LogP contribution in [0.3, 0.4) is 0 Å². The zero-order valence-corrected chi connectivity index (χ0v) is 22.2. The van der Waals surface area contributed by atoms with Gasteiger partial charge in [-0.2, -0.15) is 8.78 Å². The maximum absolute atomic E-state index is 15.9. The molecule has 0 saturated heterocycles. The molecule has 42 heavy (non-hydrogen) atoms. The molecule has 0 radical (unpaired) electrons. The van der Waals surface area contributed by atoms with Crippen molar-refractivity contribution >= 4 is 0 Å². The van der Waals surface area contributed by atoms with Gasteiger partial charge in [-0.15, -0.1) is 5.10 Å². The Labute approximate surface area is 238 Å². The first-order valence-electron chi connectivity index (χ1n) is 12.7. The first kappa shape index (κ1) is 28.4. The van der Waals surface area contributed by atoms with Gasteiger partial charge in [-0.3, -0.25) is 4.98 Å². The van der Waals surface area contributed by atoms with Crippen molar-refractivity contribution in [3.05, 3.63) is 137 Å². The van der Waals surface area contributed by atoms with Gasteiger partial charge < -0.3 is 9.84 Å². The molecule has 2 heterocycles. The SMILES string of the molecule is Cc1ccc(COc2ccc(C#Cc3ccc(C(F)(F)[C@@](O)(Cn4cnnn4)c4ccc(F)cc4F)nc3)cc2)cc1. The Morgan fingerprint density at radius 1 is 0.905 bits per heavy atom. The van der Waals surface area contributed by atoms with Gasteiger partial charge in [0.2, 0.25) is 0 Å². The van der Waals surface area contributed by atoms with Crippen LogP contribution >= 0.6 is 0 Å². The van der Waals surface area contributed by atoms with E-state index in [9.17, 15) is 13.9 Å². The molecule has 0 aliphatic rings. The van der Waals surface area contributed by atoms with Gasteiger partial charge in [0.15, 0.2) is 5.60 Å². The molecule has 5 aromatic rings. The summed E-state index contributed by atoms with van der Waals surface area (Å²) < 4.78 is 66.5. The molecule has 0 aliphatic heterocycles. The van der Waals surface area contributed by atoms with Crippen molar-refractivity contribution in [2.75, 3.05) is 0 Å². The van der Waals surface area contributed by atoms with Gasteiger partial charge in [0.05, 0.1) is 6.54 Å². The van der Waals surface area contributed by atoms with E-state index in [1.54, 1.807) is 24.3 Å². The van der Waals surface area contributed by atoms with Gasteiger partial charge in [-0.25, -0.2) is 13.5 Å². The molecule has 0 fully saturated rings. The van der Waals surface area contributed by atoms with E-state index in [1.807, 2.05) is 31.2 Å². The molecule has 0 amide bonds. The number of aryl methyl sites for hydroxylation is 1. The number of benzene rings is 3. The smallest absolute Gasteiger partial charge is 0.323 e. The third-order valence-corrected chi connectivity index (χ3v) is 6.50. The minimum atomic E-state index is -4.15. The lowest BCUT2D eigenvalue weighted by Crippen LogP contribution is -2.48. The number of rotatable bonds is 8. The highest BCUT2D eigenvalue weighted by Gasteiger charge is 2.58. The Kier molecular flexibility index (Phi) is 7.99. The zero-order chi connectivity index (χ0) is 29.7. The van der Waals surface area contributed by atoms with Gasteiger partial charge in [0.25, 0.3) is 0 Å². The van der Waals surface area contributed by atoms with Crippen molar-refractivity contribution in [2.45, 2.75) is 31.6 Å². The number of ether oxygens (including phenoxy) is 1. The van der Waals surface area contributed by atoms with Crippen LogP contribution in [0.2, 0.25) is 0 Å². The van der Waals surface area contributed by atoms with Crippen molar-refractivity contribution in [1.82, 2.24) is 25.2 Å². The number of halogens is 4. The van der Waals surface area contributed by atoms with Gasteiger partial charge in [0.1, 0.15) is 36.0 Å². The van der Waals surface area contributed by atoms with Gasteiger partial charge in [-0.05, 0) is 71.4 Å². The van der Waals surface area contributed by atoms with Crippen LogP contribution in [0.4, 0.5) is 17.6 Å².